The predicted octanol–water partition coefficient (Wildman–Crippen LogP) is 2.97. The van der Waals surface area contributed by atoms with E-state index in [2.05, 4.69) is 11.9 Å². The van der Waals surface area contributed by atoms with Crippen LogP contribution in [-0.4, -0.2) is 45.1 Å². The van der Waals surface area contributed by atoms with Crippen LogP contribution in [0.4, 0.5) is 10.5 Å². The van der Waals surface area contributed by atoms with Crippen molar-refractivity contribution in [2.45, 2.75) is 24.9 Å². The molecule has 8 heteroatoms. The van der Waals surface area contributed by atoms with Crippen LogP contribution in [0.2, 0.25) is 0 Å². The van der Waals surface area contributed by atoms with Crippen molar-refractivity contribution in [2.75, 3.05) is 24.7 Å². The molecule has 1 aliphatic heterocycles. The van der Waals surface area contributed by atoms with Crippen molar-refractivity contribution in [2.24, 2.45) is 0 Å². The van der Waals surface area contributed by atoms with E-state index in [1.165, 1.54) is 0 Å². The van der Waals surface area contributed by atoms with E-state index in [4.69, 9.17) is 0 Å². The van der Waals surface area contributed by atoms with Crippen LogP contribution in [0.15, 0.2) is 59.5 Å². The van der Waals surface area contributed by atoms with Gasteiger partial charge in [0.15, 0.2) is 9.84 Å². The Morgan fingerprint density at radius 2 is 1.83 bits per heavy atom. The van der Waals surface area contributed by atoms with E-state index >= 15 is 0 Å². The lowest BCUT2D eigenvalue weighted by molar-refractivity contribution is 0.0957. The molecule has 0 saturated carbocycles. The number of rotatable bonds is 6. The molecular weight excluding hydrogens is 402 g/mol. The summed E-state index contributed by atoms with van der Waals surface area (Å²) in [5.41, 5.74) is 3.84. The third-order valence-electron chi connectivity index (χ3n) is 4.90. The van der Waals surface area contributed by atoms with Crippen molar-refractivity contribution in [3.05, 3.63) is 71.3 Å². The second kappa shape index (κ2) is 8.31. The minimum atomic E-state index is -3.27. The number of hydrogen-bond donors (Lipinski definition) is 1. The number of amides is 3. The van der Waals surface area contributed by atoms with E-state index in [1.54, 1.807) is 59.3 Å². The van der Waals surface area contributed by atoms with Crippen LogP contribution in [0.25, 0.3) is 0 Å². The van der Waals surface area contributed by atoms with Crippen molar-refractivity contribution in [3.8, 4) is 0 Å². The van der Waals surface area contributed by atoms with Gasteiger partial charge in [-0.15, -0.1) is 0 Å². The highest BCUT2D eigenvalue weighted by Gasteiger charge is 2.28. The number of fused-ring (bicyclic) bond motifs is 1. The molecule has 0 unspecified atom stereocenters. The van der Waals surface area contributed by atoms with Gasteiger partial charge in [-0.3, -0.25) is 9.69 Å². The molecule has 1 N–H and O–H groups in total. The first-order chi connectivity index (χ1) is 14.1. The maximum Gasteiger partial charge on any atom is 0.324 e. The van der Waals surface area contributed by atoms with Gasteiger partial charge < -0.3 is 10.2 Å². The van der Waals surface area contributed by atoms with Crippen LogP contribution in [0.1, 0.15) is 28.4 Å². The quantitative estimate of drug-likeness (QED) is 0.718. The summed E-state index contributed by atoms with van der Waals surface area (Å²) in [6, 6.07) is 11.6. The average Bonchev–Trinajstić information content (AvgIpc) is 2.69. The molecule has 30 heavy (non-hydrogen) atoms. The van der Waals surface area contributed by atoms with Crippen LogP contribution in [0.3, 0.4) is 0 Å². The van der Waals surface area contributed by atoms with Gasteiger partial charge in [0, 0.05) is 38.5 Å². The fourth-order valence-corrected chi connectivity index (χ4v) is 3.92. The van der Waals surface area contributed by atoms with Crippen molar-refractivity contribution in [1.82, 2.24) is 10.2 Å². The minimum Gasteiger partial charge on any atom is -0.348 e. The lowest BCUT2D eigenvalue weighted by Gasteiger charge is -2.35. The molecule has 3 amide bonds. The fourth-order valence-electron chi connectivity index (χ4n) is 3.29. The number of carbonyl (C=O) groups excluding carboxylic acids is 2. The Hall–Kier alpha value is -3.13. The summed E-state index contributed by atoms with van der Waals surface area (Å²) < 4.78 is 23.3. The number of urea groups is 1. The highest BCUT2D eigenvalue weighted by atomic mass is 32.2. The number of carbonyl (C=O) groups is 2. The Morgan fingerprint density at radius 3 is 2.43 bits per heavy atom. The number of sulfone groups is 1. The summed E-state index contributed by atoms with van der Waals surface area (Å²) in [5, 5.41) is 2.81. The van der Waals surface area contributed by atoms with Gasteiger partial charge in [0.25, 0.3) is 5.91 Å². The summed E-state index contributed by atoms with van der Waals surface area (Å²) in [6.07, 6.45) is 1.16. The van der Waals surface area contributed by atoms with Crippen LogP contribution < -0.4 is 10.2 Å². The molecule has 158 valence electrons. The second-order valence-corrected chi connectivity index (χ2v) is 9.61. The summed E-state index contributed by atoms with van der Waals surface area (Å²) >= 11 is 0. The zero-order valence-electron chi connectivity index (χ0n) is 17.3. The molecule has 0 bridgehead atoms. The number of anilines is 1. The van der Waals surface area contributed by atoms with E-state index in [0.717, 1.165) is 28.6 Å². The Morgan fingerprint density at radius 1 is 1.17 bits per heavy atom. The van der Waals surface area contributed by atoms with E-state index in [9.17, 15) is 18.0 Å². The lowest BCUT2D eigenvalue weighted by Crippen LogP contribution is -2.44. The van der Waals surface area contributed by atoms with Crippen LogP contribution in [-0.2, 0) is 22.9 Å². The lowest BCUT2D eigenvalue weighted by atomic mass is 10.0. The van der Waals surface area contributed by atoms with E-state index in [-0.39, 0.29) is 16.8 Å². The highest BCUT2D eigenvalue weighted by molar-refractivity contribution is 7.90. The van der Waals surface area contributed by atoms with Crippen LogP contribution >= 0.6 is 0 Å². The van der Waals surface area contributed by atoms with Gasteiger partial charge in [-0.05, 0) is 48.4 Å². The highest BCUT2D eigenvalue weighted by Crippen LogP contribution is 2.29. The van der Waals surface area contributed by atoms with Gasteiger partial charge in [-0.25, -0.2) is 13.2 Å². The molecule has 7 nitrogen and oxygen atoms in total. The van der Waals surface area contributed by atoms with Gasteiger partial charge in [0.05, 0.1) is 10.6 Å². The first-order valence-corrected chi connectivity index (χ1v) is 11.3. The average molecular weight is 428 g/mol. The SMILES string of the molecule is C=C(C)CNC(=O)c1ccc2c(c1)CN(Cc1ccc(S(C)(=O)=O)cc1)C(=O)N2C. The largest absolute Gasteiger partial charge is 0.348 e. The van der Waals surface area contributed by atoms with E-state index in [1.807, 2.05) is 6.92 Å². The van der Waals surface area contributed by atoms with Gasteiger partial charge in [0.2, 0.25) is 0 Å². The van der Waals surface area contributed by atoms with Crippen molar-refractivity contribution in [1.29, 1.82) is 0 Å². The zero-order valence-corrected chi connectivity index (χ0v) is 18.1. The molecule has 0 aliphatic carbocycles. The van der Waals surface area contributed by atoms with Gasteiger partial charge >= 0.3 is 6.03 Å². The Balaban J connectivity index is 1.80. The molecule has 0 fully saturated rings. The van der Waals surface area contributed by atoms with E-state index in [0.29, 0.717) is 25.2 Å². The Bertz CT molecular complexity index is 1110. The normalized spacial score (nSPS) is 13.8. The maximum atomic E-state index is 12.8. The monoisotopic (exact) mass is 427 g/mol. The van der Waals surface area contributed by atoms with Gasteiger partial charge in [0.1, 0.15) is 0 Å². The molecule has 0 saturated heterocycles. The van der Waals surface area contributed by atoms with Crippen molar-refractivity contribution in [3.63, 3.8) is 0 Å². The standard InChI is InChI=1S/C22H25N3O4S/c1-15(2)12-23-21(26)17-7-10-20-18(11-17)14-25(22(27)24(20)3)13-16-5-8-19(9-6-16)30(4,28)29/h5-11H,1,12-14H2,2-4H3,(H,23,26). The molecule has 1 heterocycles. The molecule has 1 aliphatic rings. The molecule has 2 aromatic carbocycles. The summed E-state index contributed by atoms with van der Waals surface area (Å²) in [7, 11) is -1.57. The zero-order chi connectivity index (χ0) is 22.1. The Labute approximate surface area is 176 Å². The topological polar surface area (TPSA) is 86.8 Å². The third kappa shape index (κ3) is 4.71. The minimum absolute atomic E-state index is 0.158. The number of benzene rings is 2. The molecule has 3 rings (SSSR count). The Kier molecular flexibility index (Phi) is 5.98. The third-order valence-corrected chi connectivity index (χ3v) is 6.03. The maximum absolute atomic E-state index is 12.8. The molecule has 0 aromatic heterocycles. The van der Waals surface area contributed by atoms with E-state index < -0.39 is 9.84 Å². The smallest absolute Gasteiger partial charge is 0.324 e. The molecule has 0 atom stereocenters. The summed E-state index contributed by atoms with van der Waals surface area (Å²) in [5.74, 6) is -0.191. The second-order valence-electron chi connectivity index (χ2n) is 7.60. The molecule has 0 spiro atoms. The fraction of sp³-hybridized carbons (Fsp3) is 0.273. The van der Waals surface area contributed by atoms with Crippen molar-refractivity contribution < 1.29 is 18.0 Å². The van der Waals surface area contributed by atoms with Crippen LogP contribution in [0, 0.1) is 0 Å². The van der Waals surface area contributed by atoms with Gasteiger partial charge in [-0.1, -0.05) is 24.3 Å². The number of nitrogens with one attached hydrogen (secondary N) is 1. The summed E-state index contributed by atoms with van der Waals surface area (Å²) in [4.78, 5) is 28.6. The van der Waals surface area contributed by atoms with Crippen LogP contribution in [0.5, 0.6) is 0 Å². The number of hydrogen-bond acceptors (Lipinski definition) is 4. The van der Waals surface area contributed by atoms with Crippen molar-refractivity contribution >= 4 is 27.5 Å². The predicted molar refractivity (Wildman–Crippen MR) is 116 cm³/mol. The van der Waals surface area contributed by atoms with Gasteiger partial charge in [-0.2, -0.15) is 0 Å². The molecule has 2 aromatic rings. The molecular formula is C22H25N3O4S. The first kappa shape index (κ1) is 21.6. The molecule has 0 radical (unpaired) electrons. The summed E-state index contributed by atoms with van der Waals surface area (Å²) in [6.45, 7) is 6.71. The number of nitrogens with zero attached hydrogens (tertiary/aromatic N) is 2. The first-order valence-electron chi connectivity index (χ1n) is 9.43.